The number of para-hydroxylation sites is 1. The van der Waals surface area contributed by atoms with E-state index in [9.17, 15) is 4.79 Å². The Kier molecular flexibility index (Phi) is 4.41. The summed E-state index contributed by atoms with van der Waals surface area (Å²) in [7, 11) is 1.81. The third-order valence-corrected chi connectivity index (χ3v) is 5.13. The van der Waals surface area contributed by atoms with E-state index in [4.69, 9.17) is 4.42 Å². The second-order valence-corrected chi connectivity index (χ2v) is 7.25. The van der Waals surface area contributed by atoms with Gasteiger partial charge in [0.15, 0.2) is 5.65 Å². The van der Waals surface area contributed by atoms with Crippen molar-refractivity contribution in [1.29, 1.82) is 0 Å². The third kappa shape index (κ3) is 2.85. The van der Waals surface area contributed by atoms with E-state index in [1.807, 2.05) is 58.2 Å². The number of furan rings is 1. The highest BCUT2D eigenvalue weighted by Crippen LogP contribution is 2.28. The molecule has 6 heteroatoms. The number of hydrogen-bond acceptors (Lipinski definition) is 4. The lowest BCUT2D eigenvalue weighted by Crippen LogP contribution is -2.27. The van der Waals surface area contributed by atoms with Crippen LogP contribution in [-0.4, -0.2) is 32.5 Å². The molecule has 1 amide bonds. The fourth-order valence-corrected chi connectivity index (χ4v) is 3.79. The molecule has 0 saturated carbocycles. The molecule has 0 bridgehead atoms. The predicted molar refractivity (Wildman–Crippen MR) is 109 cm³/mol. The van der Waals surface area contributed by atoms with Crippen LogP contribution in [-0.2, 0) is 13.0 Å². The van der Waals surface area contributed by atoms with Crippen LogP contribution in [0.15, 0.2) is 34.7 Å². The quantitative estimate of drug-likeness (QED) is 0.534. The van der Waals surface area contributed by atoms with Crippen molar-refractivity contribution in [3.05, 3.63) is 64.3 Å². The van der Waals surface area contributed by atoms with Crippen molar-refractivity contribution in [2.24, 2.45) is 0 Å². The van der Waals surface area contributed by atoms with Crippen LogP contribution in [0.2, 0.25) is 0 Å². The molecule has 0 aliphatic heterocycles. The Balaban J connectivity index is 1.74. The number of aryl methyl sites for hydroxylation is 4. The molecule has 0 unspecified atom stereocenters. The minimum Gasteiger partial charge on any atom is -0.461 e. The minimum atomic E-state index is -0.0858. The van der Waals surface area contributed by atoms with Crippen LogP contribution in [0, 0.1) is 20.8 Å². The zero-order valence-corrected chi connectivity index (χ0v) is 16.9. The fourth-order valence-electron chi connectivity index (χ4n) is 3.79. The van der Waals surface area contributed by atoms with E-state index in [2.05, 4.69) is 17.0 Å². The second kappa shape index (κ2) is 6.78. The summed E-state index contributed by atoms with van der Waals surface area (Å²) in [6.07, 6.45) is 0.779. The summed E-state index contributed by atoms with van der Waals surface area (Å²) in [6, 6.07) is 9.92. The molecular weight excluding hydrogens is 352 g/mol. The number of amides is 1. The molecule has 1 aromatic carbocycles. The Morgan fingerprint density at radius 3 is 2.71 bits per heavy atom. The number of rotatable bonds is 4. The molecule has 4 aromatic rings. The van der Waals surface area contributed by atoms with Gasteiger partial charge in [-0.05, 0) is 32.9 Å². The first kappa shape index (κ1) is 18.2. The van der Waals surface area contributed by atoms with E-state index in [-0.39, 0.29) is 5.91 Å². The van der Waals surface area contributed by atoms with Gasteiger partial charge in [-0.15, -0.1) is 0 Å². The summed E-state index contributed by atoms with van der Waals surface area (Å²) in [4.78, 5) is 19.6. The molecule has 28 heavy (non-hydrogen) atoms. The molecule has 4 rings (SSSR count). The van der Waals surface area contributed by atoms with Crippen molar-refractivity contribution in [3.8, 4) is 0 Å². The monoisotopic (exact) mass is 376 g/mol. The van der Waals surface area contributed by atoms with E-state index >= 15 is 0 Å². The molecule has 144 valence electrons. The summed E-state index contributed by atoms with van der Waals surface area (Å²) in [5.41, 5.74) is 5.60. The number of benzene rings is 1. The summed E-state index contributed by atoms with van der Waals surface area (Å²) in [6.45, 7) is 8.29. The average Bonchev–Trinajstić information content (AvgIpc) is 3.18. The summed E-state index contributed by atoms with van der Waals surface area (Å²) >= 11 is 0. The summed E-state index contributed by atoms with van der Waals surface area (Å²) < 4.78 is 7.72. The van der Waals surface area contributed by atoms with Crippen LogP contribution in [0.1, 0.15) is 45.7 Å². The van der Waals surface area contributed by atoms with Crippen molar-refractivity contribution >= 4 is 22.5 Å². The summed E-state index contributed by atoms with van der Waals surface area (Å²) in [5.74, 6) is 0.833. The van der Waals surface area contributed by atoms with Gasteiger partial charge >= 0.3 is 0 Å². The molecule has 0 radical (unpaired) electrons. The second-order valence-electron chi connectivity index (χ2n) is 7.25. The lowest BCUT2D eigenvalue weighted by Gasteiger charge is -2.17. The first-order valence-electron chi connectivity index (χ1n) is 9.49. The molecule has 6 nitrogen and oxygen atoms in total. The smallest absolute Gasteiger partial charge is 0.259 e. The number of nitrogens with zero attached hydrogens (tertiary/aromatic N) is 4. The van der Waals surface area contributed by atoms with Gasteiger partial charge in [-0.25, -0.2) is 9.50 Å². The Morgan fingerprint density at radius 1 is 1.21 bits per heavy atom. The number of fused-ring (bicyclic) bond motifs is 2. The van der Waals surface area contributed by atoms with Crippen LogP contribution < -0.4 is 0 Å². The van der Waals surface area contributed by atoms with E-state index in [0.717, 1.165) is 40.1 Å². The fraction of sp³-hybridized carbons (Fsp3) is 0.318. The SMILES string of the molecule is CCc1oc2ccccc2c1CN(C)C(=O)c1c(C)nn2c(C)cc(C)nc12. The number of carbonyl (C=O) groups excluding carboxylic acids is 1. The highest BCUT2D eigenvalue weighted by molar-refractivity contribution is 6.01. The Morgan fingerprint density at radius 2 is 1.96 bits per heavy atom. The molecule has 0 N–H and O–H groups in total. The highest BCUT2D eigenvalue weighted by atomic mass is 16.3. The summed E-state index contributed by atoms with van der Waals surface area (Å²) in [5, 5.41) is 5.58. The lowest BCUT2D eigenvalue weighted by molar-refractivity contribution is 0.0786. The van der Waals surface area contributed by atoms with Gasteiger partial charge in [0, 0.05) is 42.4 Å². The standard InChI is InChI=1S/C22H24N4O2/c1-6-18-17(16-9-7-8-10-19(16)28-18)12-25(5)22(27)20-15(4)24-26-14(3)11-13(2)23-21(20)26/h7-11H,6,12H2,1-5H3. The zero-order valence-electron chi connectivity index (χ0n) is 16.9. The van der Waals surface area contributed by atoms with E-state index in [1.54, 1.807) is 9.42 Å². The first-order valence-corrected chi connectivity index (χ1v) is 9.49. The highest BCUT2D eigenvalue weighted by Gasteiger charge is 2.24. The van der Waals surface area contributed by atoms with Crippen LogP contribution in [0.3, 0.4) is 0 Å². The van der Waals surface area contributed by atoms with Gasteiger partial charge < -0.3 is 9.32 Å². The maximum atomic E-state index is 13.3. The van der Waals surface area contributed by atoms with Crippen molar-refractivity contribution in [1.82, 2.24) is 19.5 Å². The number of carbonyl (C=O) groups is 1. The molecule has 3 heterocycles. The van der Waals surface area contributed by atoms with Gasteiger partial charge in [0.1, 0.15) is 16.9 Å². The zero-order chi connectivity index (χ0) is 20.0. The number of aromatic nitrogens is 3. The van der Waals surface area contributed by atoms with Gasteiger partial charge in [0.2, 0.25) is 0 Å². The van der Waals surface area contributed by atoms with Gasteiger partial charge in [-0.3, -0.25) is 4.79 Å². The third-order valence-electron chi connectivity index (χ3n) is 5.13. The molecule has 0 aliphatic carbocycles. The van der Waals surface area contributed by atoms with Gasteiger partial charge in [0.05, 0.1) is 5.69 Å². The maximum Gasteiger partial charge on any atom is 0.259 e. The molecule has 0 atom stereocenters. The van der Waals surface area contributed by atoms with E-state index < -0.39 is 0 Å². The minimum absolute atomic E-state index is 0.0858. The average molecular weight is 376 g/mol. The van der Waals surface area contributed by atoms with Gasteiger partial charge in [0.25, 0.3) is 5.91 Å². The Bertz CT molecular complexity index is 1200. The molecule has 0 saturated heterocycles. The van der Waals surface area contributed by atoms with Crippen molar-refractivity contribution in [2.45, 2.75) is 40.7 Å². The van der Waals surface area contributed by atoms with Crippen LogP contribution in [0.25, 0.3) is 16.6 Å². The topological polar surface area (TPSA) is 63.6 Å². The van der Waals surface area contributed by atoms with Gasteiger partial charge in [-0.1, -0.05) is 25.1 Å². The van der Waals surface area contributed by atoms with Crippen LogP contribution in [0.4, 0.5) is 0 Å². The van der Waals surface area contributed by atoms with Crippen LogP contribution >= 0.6 is 0 Å². The van der Waals surface area contributed by atoms with Crippen LogP contribution in [0.5, 0.6) is 0 Å². The first-order chi connectivity index (χ1) is 13.4. The maximum absolute atomic E-state index is 13.3. The van der Waals surface area contributed by atoms with Crippen molar-refractivity contribution < 1.29 is 9.21 Å². The predicted octanol–water partition coefficient (Wildman–Crippen LogP) is 4.24. The van der Waals surface area contributed by atoms with E-state index in [1.165, 1.54) is 0 Å². The largest absolute Gasteiger partial charge is 0.461 e. The molecule has 0 spiro atoms. The molecule has 3 aromatic heterocycles. The van der Waals surface area contributed by atoms with Crippen molar-refractivity contribution in [3.63, 3.8) is 0 Å². The van der Waals surface area contributed by atoms with Gasteiger partial charge in [-0.2, -0.15) is 5.10 Å². The van der Waals surface area contributed by atoms with E-state index in [0.29, 0.717) is 23.4 Å². The van der Waals surface area contributed by atoms with Crippen molar-refractivity contribution in [2.75, 3.05) is 7.05 Å². The Hall–Kier alpha value is -3.15. The molecule has 0 aliphatic rings. The molecular formula is C22H24N4O2. The normalized spacial score (nSPS) is 11.5. The lowest BCUT2D eigenvalue weighted by atomic mass is 10.1. The number of hydrogen-bond donors (Lipinski definition) is 0. The Labute approximate surface area is 163 Å². The molecule has 0 fully saturated rings.